The molecule has 0 aromatic rings. The molecule has 1 nitrogen and oxygen atoms in total. The zero-order chi connectivity index (χ0) is 12.5. The van der Waals surface area contributed by atoms with Crippen LogP contribution in [0.2, 0.25) is 0 Å². The molecule has 92 valence electrons. The van der Waals surface area contributed by atoms with E-state index in [1.54, 1.807) is 11.8 Å². The van der Waals surface area contributed by atoms with E-state index in [0.29, 0.717) is 0 Å². The SMILES string of the molecule is C/C=C\C(=C/C)CS/C=C(\N)C1=CCCC=C1. The molecule has 0 saturated carbocycles. The Hall–Kier alpha value is -1.15. The predicted molar refractivity (Wildman–Crippen MR) is 79.8 cm³/mol. The Morgan fingerprint density at radius 3 is 2.82 bits per heavy atom. The Morgan fingerprint density at radius 2 is 2.24 bits per heavy atom. The molecular weight excluding hydrogens is 226 g/mol. The van der Waals surface area contributed by atoms with Crippen LogP contribution in [-0.4, -0.2) is 5.75 Å². The van der Waals surface area contributed by atoms with Crippen LogP contribution in [0.1, 0.15) is 26.7 Å². The van der Waals surface area contributed by atoms with Gasteiger partial charge in [0.25, 0.3) is 0 Å². The molecule has 0 aliphatic heterocycles. The van der Waals surface area contributed by atoms with Crippen LogP contribution in [0.4, 0.5) is 0 Å². The second-order valence-electron chi connectivity index (χ2n) is 3.89. The van der Waals surface area contributed by atoms with Gasteiger partial charge in [-0.2, -0.15) is 0 Å². The van der Waals surface area contributed by atoms with E-state index in [1.165, 1.54) is 5.57 Å². The third kappa shape index (κ3) is 5.14. The van der Waals surface area contributed by atoms with Crippen LogP contribution >= 0.6 is 11.8 Å². The lowest BCUT2D eigenvalue weighted by Crippen LogP contribution is -2.00. The van der Waals surface area contributed by atoms with E-state index in [4.69, 9.17) is 5.73 Å². The summed E-state index contributed by atoms with van der Waals surface area (Å²) in [4.78, 5) is 0. The maximum absolute atomic E-state index is 6.03. The molecule has 17 heavy (non-hydrogen) atoms. The van der Waals surface area contributed by atoms with Crippen molar-refractivity contribution in [2.24, 2.45) is 5.73 Å². The molecule has 1 aliphatic carbocycles. The number of hydrogen-bond acceptors (Lipinski definition) is 2. The largest absolute Gasteiger partial charge is 0.398 e. The summed E-state index contributed by atoms with van der Waals surface area (Å²) in [6.45, 7) is 4.10. The average molecular weight is 247 g/mol. The van der Waals surface area contributed by atoms with Gasteiger partial charge in [-0.05, 0) is 43.2 Å². The lowest BCUT2D eigenvalue weighted by molar-refractivity contribution is 1.02. The monoisotopic (exact) mass is 247 g/mol. The molecule has 0 spiro atoms. The van der Waals surface area contributed by atoms with E-state index in [9.17, 15) is 0 Å². The molecule has 0 radical (unpaired) electrons. The number of thioether (sulfide) groups is 1. The van der Waals surface area contributed by atoms with Crippen LogP contribution in [0.3, 0.4) is 0 Å². The fourth-order valence-corrected chi connectivity index (χ4v) is 2.42. The topological polar surface area (TPSA) is 26.0 Å². The molecule has 0 aromatic carbocycles. The minimum atomic E-state index is 0.877. The Labute approximate surface area is 109 Å². The van der Waals surface area contributed by atoms with Crippen molar-refractivity contribution >= 4 is 11.8 Å². The molecule has 1 rings (SSSR count). The van der Waals surface area contributed by atoms with Gasteiger partial charge in [0.15, 0.2) is 0 Å². The number of rotatable bonds is 5. The van der Waals surface area contributed by atoms with Crippen molar-refractivity contribution < 1.29 is 0 Å². The standard InChI is InChI=1S/C15H21NS/c1-3-8-13(4-2)11-17-12-15(16)14-9-6-5-7-10-14/h3-4,6,8-10,12H,5,7,11,16H2,1-2H3/b8-3-,13-4+,15-12-. The van der Waals surface area contributed by atoms with Crippen LogP contribution in [0.5, 0.6) is 0 Å². The summed E-state index contributed by atoms with van der Waals surface area (Å²) in [7, 11) is 0. The van der Waals surface area contributed by atoms with Crippen molar-refractivity contribution in [2.45, 2.75) is 26.7 Å². The summed E-state index contributed by atoms with van der Waals surface area (Å²) in [5.41, 5.74) is 9.40. The van der Waals surface area contributed by atoms with Gasteiger partial charge in [0.1, 0.15) is 0 Å². The maximum Gasteiger partial charge on any atom is 0.0448 e. The molecular formula is C15H21NS. The number of allylic oxidation sites excluding steroid dienone is 6. The van der Waals surface area contributed by atoms with Gasteiger partial charge < -0.3 is 5.73 Å². The highest BCUT2D eigenvalue weighted by Gasteiger charge is 2.00. The average Bonchev–Trinajstić information content (AvgIpc) is 2.38. The fourth-order valence-electron chi connectivity index (χ4n) is 1.56. The zero-order valence-electron chi connectivity index (χ0n) is 10.6. The molecule has 0 aromatic heterocycles. The van der Waals surface area contributed by atoms with Gasteiger partial charge in [-0.1, -0.05) is 36.5 Å². The first-order valence-electron chi connectivity index (χ1n) is 6.00. The van der Waals surface area contributed by atoms with Gasteiger partial charge in [0.2, 0.25) is 0 Å². The maximum atomic E-state index is 6.03. The molecule has 0 atom stereocenters. The summed E-state index contributed by atoms with van der Waals surface area (Å²) in [6, 6.07) is 0. The molecule has 0 bridgehead atoms. The molecule has 0 heterocycles. The van der Waals surface area contributed by atoms with Crippen LogP contribution in [-0.2, 0) is 0 Å². The van der Waals surface area contributed by atoms with Crippen LogP contribution in [0.25, 0.3) is 0 Å². The van der Waals surface area contributed by atoms with Gasteiger partial charge in [-0.3, -0.25) is 0 Å². The molecule has 2 heteroatoms. The van der Waals surface area contributed by atoms with Gasteiger partial charge in [0, 0.05) is 11.4 Å². The second kappa shape index (κ2) is 8.02. The van der Waals surface area contributed by atoms with Crippen molar-refractivity contribution in [3.8, 4) is 0 Å². The van der Waals surface area contributed by atoms with E-state index in [1.807, 2.05) is 6.92 Å². The van der Waals surface area contributed by atoms with Crippen molar-refractivity contribution in [1.82, 2.24) is 0 Å². The highest BCUT2D eigenvalue weighted by Crippen LogP contribution is 2.18. The van der Waals surface area contributed by atoms with Gasteiger partial charge in [-0.25, -0.2) is 0 Å². The van der Waals surface area contributed by atoms with E-state index in [0.717, 1.165) is 29.9 Å². The molecule has 0 unspecified atom stereocenters. The van der Waals surface area contributed by atoms with Crippen LogP contribution in [0, 0.1) is 0 Å². The molecule has 1 aliphatic rings. The summed E-state index contributed by atoms with van der Waals surface area (Å²) < 4.78 is 0. The number of nitrogens with two attached hydrogens (primary N) is 1. The van der Waals surface area contributed by atoms with E-state index < -0.39 is 0 Å². The Morgan fingerprint density at radius 1 is 1.41 bits per heavy atom. The van der Waals surface area contributed by atoms with Crippen LogP contribution in [0.15, 0.2) is 58.7 Å². The quantitative estimate of drug-likeness (QED) is 0.732. The smallest absolute Gasteiger partial charge is 0.0448 e. The van der Waals surface area contributed by atoms with Crippen molar-refractivity contribution in [3.05, 3.63) is 58.7 Å². The van der Waals surface area contributed by atoms with Gasteiger partial charge in [-0.15, -0.1) is 11.8 Å². The van der Waals surface area contributed by atoms with Crippen molar-refractivity contribution in [2.75, 3.05) is 5.75 Å². The molecule has 2 N–H and O–H groups in total. The van der Waals surface area contributed by atoms with Crippen molar-refractivity contribution in [1.29, 1.82) is 0 Å². The van der Waals surface area contributed by atoms with Crippen molar-refractivity contribution in [3.63, 3.8) is 0 Å². The lowest BCUT2D eigenvalue weighted by Gasteiger charge is -2.07. The van der Waals surface area contributed by atoms with E-state index >= 15 is 0 Å². The Bertz CT molecular complexity index is 384. The normalized spacial score (nSPS) is 17.6. The third-order valence-electron chi connectivity index (χ3n) is 2.54. The van der Waals surface area contributed by atoms with Gasteiger partial charge >= 0.3 is 0 Å². The summed E-state index contributed by atoms with van der Waals surface area (Å²) in [5, 5.41) is 2.05. The fraction of sp³-hybridized carbons (Fsp3) is 0.333. The second-order valence-corrected chi connectivity index (χ2v) is 4.74. The minimum absolute atomic E-state index is 0.877. The molecule has 0 fully saturated rings. The highest BCUT2D eigenvalue weighted by molar-refractivity contribution is 8.02. The first kappa shape index (κ1) is 13.9. The first-order valence-corrected chi connectivity index (χ1v) is 7.05. The van der Waals surface area contributed by atoms with Gasteiger partial charge in [0.05, 0.1) is 0 Å². The first-order chi connectivity index (χ1) is 8.27. The zero-order valence-corrected chi connectivity index (χ0v) is 11.5. The summed E-state index contributed by atoms with van der Waals surface area (Å²) in [6.07, 6.45) is 15.1. The Kier molecular flexibility index (Phi) is 6.56. The predicted octanol–water partition coefficient (Wildman–Crippen LogP) is 4.32. The minimum Gasteiger partial charge on any atom is -0.398 e. The summed E-state index contributed by atoms with van der Waals surface area (Å²) in [5.74, 6) is 0.971. The Balaban J connectivity index is 2.48. The summed E-state index contributed by atoms with van der Waals surface area (Å²) >= 11 is 1.75. The van der Waals surface area contributed by atoms with E-state index in [-0.39, 0.29) is 0 Å². The number of hydrogen-bond donors (Lipinski definition) is 1. The lowest BCUT2D eigenvalue weighted by atomic mass is 10.1. The molecule has 0 amide bonds. The molecule has 0 saturated heterocycles. The van der Waals surface area contributed by atoms with E-state index in [2.05, 4.69) is 48.8 Å². The third-order valence-corrected chi connectivity index (χ3v) is 3.46. The van der Waals surface area contributed by atoms with Crippen LogP contribution < -0.4 is 5.73 Å². The highest BCUT2D eigenvalue weighted by atomic mass is 32.2.